The van der Waals surface area contributed by atoms with Crippen molar-refractivity contribution < 1.29 is 4.79 Å². The van der Waals surface area contributed by atoms with Crippen molar-refractivity contribution in [2.24, 2.45) is 0 Å². The van der Waals surface area contributed by atoms with E-state index in [1.165, 1.54) is 0 Å². The van der Waals surface area contributed by atoms with Crippen molar-refractivity contribution in [2.45, 2.75) is 6.92 Å². The second-order valence-electron chi connectivity index (χ2n) is 5.74. The lowest BCUT2D eigenvalue weighted by atomic mass is 10.1. The summed E-state index contributed by atoms with van der Waals surface area (Å²) in [6.45, 7) is 1.97. The van der Waals surface area contributed by atoms with Gasteiger partial charge < -0.3 is 5.32 Å². The molecular weight excluding hydrogens is 330 g/mol. The van der Waals surface area contributed by atoms with Gasteiger partial charge in [-0.25, -0.2) is 4.98 Å². The van der Waals surface area contributed by atoms with Crippen LogP contribution in [-0.4, -0.2) is 15.9 Å². The Hall–Kier alpha value is -3.05. The molecule has 0 unspecified atom stereocenters. The lowest BCUT2D eigenvalue weighted by Gasteiger charge is -2.06. The molecule has 0 aliphatic rings. The molecule has 2 aromatic heterocycles. The summed E-state index contributed by atoms with van der Waals surface area (Å²) >= 11 is 1.60. The van der Waals surface area contributed by atoms with Crippen LogP contribution in [0, 0.1) is 6.92 Å². The first-order chi connectivity index (χ1) is 12.2. The lowest BCUT2D eigenvalue weighted by molar-refractivity contribution is 0.102. The number of hydrogen-bond acceptors (Lipinski definition) is 4. The summed E-state index contributed by atoms with van der Waals surface area (Å²) in [6, 6.07) is 17.2. The monoisotopic (exact) mass is 345 g/mol. The van der Waals surface area contributed by atoms with Gasteiger partial charge in [0.2, 0.25) is 0 Å². The van der Waals surface area contributed by atoms with E-state index < -0.39 is 0 Å². The van der Waals surface area contributed by atoms with Crippen molar-refractivity contribution in [1.82, 2.24) is 9.97 Å². The number of fused-ring (bicyclic) bond motifs is 1. The normalized spacial score (nSPS) is 10.8. The fourth-order valence-electron chi connectivity index (χ4n) is 2.59. The molecule has 4 rings (SSSR count). The molecule has 122 valence electrons. The number of thiazole rings is 1. The zero-order chi connectivity index (χ0) is 17.2. The van der Waals surface area contributed by atoms with Gasteiger partial charge in [0.15, 0.2) is 0 Å². The molecule has 0 atom stereocenters. The number of carbonyl (C=O) groups excluding carboxylic acids is 1. The van der Waals surface area contributed by atoms with E-state index in [2.05, 4.69) is 15.3 Å². The van der Waals surface area contributed by atoms with Crippen LogP contribution in [0.3, 0.4) is 0 Å². The van der Waals surface area contributed by atoms with E-state index in [-0.39, 0.29) is 5.91 Å². The summed E-state index contributed by atoms with van der Waals surface area (Å²) in [5.41, 5.74) is 4.21. The summed E-state index contributed by atoms with van der Waals surface area (Å²) < 4.78 is 0. The smallest absolute Gasteiger partial charge is 0.255 e. The number of aromatic nitrogens is 2. The number of nitrogens with zero attached hydrogens (tertiary/aromatic N) is 2. The fraction of sp³-hybridized carbons (Fsp3) is 0.0500. The van der Waals surface area contributed by atoms with E-state index in [0.29, 0.717) is 11.3 Å². The topological polar surface area (TPSA) is 54.9 Å². The average molecular weight is 345 g/mol. The molecule has 2 heterocycles. The minimum absolute atomic E-state index is 0.154. The van der Waals surface area contributed by atoms with Crippen molar-refractivity contribution >= 4 is 33.8 Å². The van der Waals surface area contributed by atoms with Crippen LogP contribution in [0.1, 0.15) is 16.1 Å². The van der Waals surface area contributed by atoms with Gasteiger partial charge in [0, 0.05) is 27.6 Å². The Labute approximate surface area is 149 Å². The van der Waals surface area contributed by atoms with Crippen LogP contribution in [-0.2, 0) is 0 Å². The van der Waals surface area contributed by atoms with Gasteiger partial charge in [-0.15, -0.1) is 11.3 Å². The maximum Gasteiger partial charge on any atom is 0.255 e. The van der Waals surface area contributed by atoms with E-state index in [0.717, 1.165) is 27.2 Å². The number of benzene rings is 2. The number of pyridine rings is 1. The molecular formula is C20H15N3OS. The number of nitrogens with one attached hydrogen (secondary N) is 1. The van der Waals surface area contributed by atoms with Crippen molar-refractivity contribution in [2.75, 3.05) is 5.32 Å². The molecule has 0 saturated heterocycles. The largest absolute Gasteiger partial charge is 0.321 e. The van der Waals surface area contributed by atoms with E-state index in [4.69, 9.17) is 0 Å². The Morgan fingerprint density at radius 3 is 2.64 bits per heavy atom. The van der Waals surface area contributed by atoms with Gasteiger partial charge in [0.1, 0.15) is 5.01 Å². The Kier molecular flexibility index (Phi) is 3.99. The zero-order valence-electron chi connectivity index (χ0n) is 13.6. The highest BCUT2D eigenvalue weighted by Gasteiger charge is 2.08. The maximum atomic E-state index is 12.5. The van der Waals surface area contributed by atoms with Gasteiger partial charge in [-0.3, -0.25) is 9.78 Å². The zero-order valence-corrected chi connectivity index (χ0v) is 14.4. The molecule has 4 nitrogen and oxygen atoms in total. The van der Waals surface area contributed by atoms with Gasteiger partial charge in [-0.1, -0.05) is 30.3 Å². The summed E-state index contributed by atoms with van der Waals surface area (Å²) in [4.78, 5) is 21.3. The number of amides is 1. The van der Waals surface area contributed by atoms with E-state index >= 15 is 0 Å². The third kappa shape index (κ3) is 3.27. The van der Waals surface area contributed by atoms with Gasteiger partial charge in [0.25, 0.3) is 5.91 Å². The van der Waals surface area contributed by atoms with Crippen LogP contribution in [0.4, 0.5) is 5.69 Å². The summed E-state index contributed by atoms with van der Waals surface area (Å²) in [6.07, 6.45) is 1.67. The van der Waals surface area contributed by atoms with Crippen LogP contribution in [0.15, 0.2) is 66.2 Å². The summed E-state index contributed by atoms with van der Waals surface area (Å²) in [5.74, 6) is -0.154. The molecule has 0 aliphatic carbocycles. The Morgan fingerprint density at radius 1 is 1.08 bits per heavy atom. The predicted octanol–water partition coefficient (Wildman–Crippen LogP) is 4.92. The number of carbonyl (C=O) groups is 1. The van der Waals surface area contributed by atoms with E-state index in [9.17, 15) is 4.79 Å². The molecule has 4 aromatic rings. The molecule has 0 bridgehead atoms. The number of aryl methyl sites for hydroxylation is 1. The second-order valence-corrected chi connectivity index (χ2v) is 6.60. The van der Waals surface area contributed by atoms with Crippen LogP contribution in [0.5, 0.6) is 0 Å². The molecule has 0 saturated carbocycles. The quantitative estimate of drug-likeness (QED) is 0.573. The highest BCUT2D eigenvalue weighted by Crippen LogP contribution is 2.24. The fourth-order valence-corrected chi connectivity index (χ4v) is 3.40. The van der Waals surface area contributed by atoms with Crippen molar-refractivity contribution in [3.8, 4) is 10.6 Å². The third-order valence-corrected chi connectivity index (χ3v) is 4.87. The minimum Gasteiger partial charge on any atom is -0.321 e. The van der Waals surface area contributed by atoms with Crippen LogP contribution in [0.2, 0.25) is 0 Å². The van der Waals surface area contributed by atoms with Crippen molar-refractivity contribution in [3.63, 3.8) is 0 Å². The molecule has 1 amide bonds. The highest BCUT2D eigenvalue weighted by atomic mass is 32.1. The molecule has 5 heteroatoms. The predicted molar refractivity (Wildman–Crippen MR) is 102 cm³/mol. The summed E-state index contributed by atoms with van der Waals surface area (Å²) in [7, 11) is 0. The second kappa shape index (κ2) is 6.45. The molecule has 0 fully saturated rings. The molecule has 1 N–H and O–H groups in total. The van der Waals surface area contributed by atoms with Crippen LogP contribution in [0.25, 0.3) is 21.5 Å². The standard InChI is InChI=1S/C20H15N3OS/c1-13-12-25-20(22-13)15-8-6-14(7-9-15)19(24)23-17-10-16-4-2-3-5-18(16)21-11-17/h2-12H,1H3,(H,23,24). The maximum absolute atomic E-state index is 12.5. The number of hydrogen-bond donors (Lipinski definition) is 1. The Bertz CT molecular complexity index is 1050. The van der Waals surface area contributed by atoms with Gasteiger partial charge in [0.05, 0.1) is 17.4 Å². The highest BCUT2D eigenvalue weighted by molar-refractivity contribution is 7.13. The SMILES string of the molecule is Cc1csc(-c2ccc(C(=O)Nc3cnc4ccccc4c3)cc2)n1. The molecule has 0 spiro atoms. The first-order valence-electron chi connectivity index (χ1n) is 7.88. The first-order valence-corrected chi connectivity index (χ1v) is 8.76. The minimum atomic E-state index is -0.154. The summed E-state index contributed by atoms with van der Waals surface area (Å²) in [5, 5.41) is 6.87. The van der Waals surface area contributed by atoms with Crippen molar-refractivity contribution in [3.05, 3.63) is 77.4 Å². The molecule has 0 aliphatic heterocycles. The Morgan fingerprint density at radius 2 is 1.88 bits per heavy atom. The number of para-hydroxylation sites is 1. The number of rotatable bonds is 3. The van der Waals surface area contributed by atoms with E-state index in [1.807, 2.05) is 66.9 Å². The molecule has 2 aromatic carbocycles. The van der Waals surface area contributed by atoms with Crippen LogP contribution >= 0.6 is 11.3 Å². The van der Waals surface area contributed by atoms with Gasteiger partial charge in [-0.2, -0.15) is 0 Å². The van der Waals surface area contributed by atoms with Crippen molar-refractivity contribution in [1.29, 1.82) is 0 Å². The lowest BCUT2D eigenvalue weighted by Crippen LogP contribution is -2.11. The molecule has 0 radical (unpaired) electrons. The average Bonchev–Trinajstić information content (AvgIpc) is 3.08. The Balaban J connectivity index is 1.53. The third-order valence-electron chi connectivity index (χ3n) is 3.86. The molecule has 25 heavy (non-hydrogen) atoms. The van der Waals surface area contributed by atoms with E-state index in [1.54, 1.807) is 17.5 Å². The number of anilines is 1. The van der Waals surface area contributed by atoms with Crippen LogP contribution < -0.4 is 5.32 Å². The first kappa shape index (κ1) is 15.5. The van der Waals surface area contributed by atoms with Gasteiger partial charge >= 0.3 is 0 Å². The van der Waals surface area contributed by atoms with Gasteiger partial charge in [-0.05, 0) is 31.2 Å².